The number of hydrogen-bond donors (Lipinski definition) is 1. The second-order valence-electron chi connectivity index (χ2n) is 4.19. The fourth-order valence-electron chi connectivity index (χ4n) is 2.18. The Kier molecular flexibility index (Phi) is 4.19. The Bertz CT molecular complexity index is 303. The van der Waals surface area contributed by atoms with Crippen molar-refractivity contribution in [2.45, 2.75) is 52.9 Å². The van der Waals surface area contributed by atoms with Gasteiger partial charge in [-0.2, -0.15) is 0 Å². The molecule has 0 fully saturated rings. The van der Waals surface area contributed by atoms with Gasteiger partial charge in [-0.1, -0.05) is 27.7 Å². The first-order valence-electron chi connectivity index (χ1n) is 5.98. The Morgan fingerprint density at radius 3 is 1.87 bits per heavy atom. The second-order valence-corrected chi connectivity index (χ2v) is 4.19. The first kappa shape index (κ1) is 12.1. The van der Waals surface area contributed by atoms with Crippen LogP contribution in [0.5, 0.6) is 5.75 Å². The standard InChI is InChI=1S/C14H22O/c1-5-10(4)14-11(6-2)8-13(15)9-12(14)7-3/h8-10,15H,5-7H2,1-4H3. The SMILES string of the molecule is CCc1cc(O)cc(CC)c1C(C)CC. The number of phenols is 1. The molecular formula is C14H22O. The van der Waals surface area contributed by atoms with Crippen LogP contribution in [0.15, 0.2) is 12.1 Å². The number of aryl methyl sites for hydroxylation is 2. The van der Waals surface area contributed by atoms with Crippen LogP contribution in [0.4, 0.5) is 0 Å². The van der Waals surface area contributed by atoms with E-state index in [-0.39, 0.29) is 0 Å². The van der Waals surface area contributed by atoms with Gasteiger partial charge in [0.25, 0.3) is 0 Å². The lowest BCUT2D eigenvalue weighted by Gasteiger charge is -2.19. The Hall–Kier alpha value is -0.980. The third kappa shape index (κ3) is 2.53. The minimum absolute atomic E-state index is 0.413. The van der Waals surface area contributed by atoms with E-state index in [9.17, 15) is 5.11 Å². The smallest absolute Gasteiger partial charge is 0.116 e. The molecule has 1 aromatic rings. The summed E-state index contributed by atoms with van der Waals surface area (Å²) in [6, 6.07) is 3.83. The maximum atomic E-state index is 9.64. The fraction of sp³-hybridized carbons (Fsp3) is 0.571. The second kappa shape index (κ2) is 5.20. The van der Waals surface area contributed by atoms with Gasteiger partial charge in [-0.15, -0.1) is 0 Å². The zero-order chi connectivity index (χ0) is 11.4. The Balaban J connectivity index is 3.30. The third-order valence-electron chi connectivity index (χ3n) is 3.20. The predicted octanol–water partition coefficient (Wildman–Crippen LogP) is 4.03. The van der Waals surface area contributed by atoms with Crippen LogP contribution in [0.2, 0.25) is 0 Å². The van der Waals surface area contributed by atoms with Crippen molar-refractivity contribution in [3.8, 4) is 5.75 Å². The van der Waals surface area contributed by atoms with Crippen molar-refractivity contribution >= 4 is 0 Å². The van der Waals surface area contributed by atoms with E-state index >= 15 is 0 Å². The number of aromatic hydroxyl groups is 1. The molecule has 1 nitrogen and oxygen atoms in total. The Morgan fingerprint density at radius 2 is 1.53 bits per heavy atom. The van der Waals surface area contributed by atoms with Gasteiger partial charge in [0, 0.05) is 0 Å². The highest BCUT2D eigenvalue weighted by Gasteiger charge is 2.13. The van der Waals surface area contributed by atoms with Crippen LogP contribution in [-0.4, -0.2) is 5.11 Å². The first-order valence-corrected chi connectivity index (χ1v) is 5.98. The fourth-order valence-corrected chi connectivity index (χ4v) is 2.18. The molecule has 1 rings (SSSR count). The molecule has 1 N–H and O–H groups in total. The molecule has 0 saturated heterocycles. The van der Waals surface area contributed by atoms with E-state index in [1.54, 1.807) is 0 Å². The molecule has 1 heteroatoms. The highest BCUT2D eigenvalue weighted by molar-refractivity contribution is 5.43. The normalized spacial score (nSPS) is 12.8. The van der Waals surface area contributed by atoms with Crippen LogP contribution in [0, 0.1) is 0 Å². The van der Waals surface area contributed by atoms with Crippen molar-refractivity contribution in [2.75, 3.05) is 0 Å². The van der Waals surface area contributed by atoms with Gasteiger partial charge in [0.05, 0.1) is 0 Å². The molecule has 0 aliphatic carbocycles. The van der Waals surface area contributed by atoms with Gasteiger partial charge >= 0.3 is 0 Å². The number of benzene rings is 1. The van der Waals surface area contributed by atoms with Crippen LogP contribution >= 0.6 is 0 Å². The largest absolute Gasteiger partial charge is 0.508 e. The summed E-state index contributed by atoms with van der Waals surface area (Å²) in [6.07, 6.45) is 3.16. The molecule has 0 aliphatic rings. The van der Waals surface area contributed by atoms with Crippen molar-refractivity contribution in [2.24, 2.45) is 0 Å². The molecule has 0 heterocycles. The van der Waals surface area contributed by atoms with E-state index < -0.39 is 0 Å². The predicted molar refractivity (Wildman–Crippen MR) is 65.6 cm³/mol. The molecule has 0 aliphatic heterocycles. The highest BCUT2D eigenvalue weighted by Crippen LogP contribution is 2.30. The van der Waals surface area contributed by atoms with Gasteiger partial charge in [0.2, 0.25) is 0 Å². The summed E-state index contributed by atoms with van der Waals surface area (Å²) < 4.78 is 0. The number of rotatable bonds is 4. The lowest BCUT2D eigenvalue weighted by Crippen LogP contribution is -2.03. The molecular weight excluding hydrogens is 184 g/mol. The number of hydrogen-bond acceptors (Lipinski definition) is 1. The van der Waals surface area contributed by atoms with Crippen LogP contribution in [0.25, 0.3) is 0 Å². The maximum absolute atomic E-state index is 9.64. The average molecular weight is 206 g/mol. The Morgan fingerprint density at radius 1 is 1.07 bits per heavy atom. The van der Waals surface area contributed by atoms with Gasteiger partial charge in [0.1, 0.15) is 5.75 Å². The molecule has 0 saturated carbocycles. The van der Waals surface area contributed by atoms with Crippen LogP contribution in [-0.2, 0) is 12.8 Å². The molecule has 84 valence electrons. The van der Waals surface area contributed by atoms with E-state index in [2.05, 4.69) is 27.7 Å². The third-order valence-corrected chi connectivity index (χ3v) is 3.20. The van der Waals surface area contributed by atoms with Gasteiger partial charge < -0.3 is 5.11 Å². The van der Waals surface area contributed by atoms with E-state index in [1.807, 2.05) is 12.1 Å². The molecule has 0 aromatic heterocycles. The molecule has 0 bridgehead atoms. The zero-order valence-electron chi connectivity index (χ0n) is 10.3. The van der Waals surface area contributed by atoms with Gasteiger partial charge in [-0.25, -0.2) is 0 Å². The van der Waals surface area contributed by atoms with Crippen molar-refractivity contribution < 1.29 is 5.11 Å². The monoisotopic (exact) mass is 206 g/mol. The molecule has 1 atom stereocenters. The number of phenolic OH excluding ortho intramolecular Hbond substituents is 1. The van der Waals surface area contributed by atoms with Crippen molar-refractivity contribution in [3.63, 3.8) is 0 Å². The summed E-state index contributed by atoms with van der Waals surface area (Å²) >= 11 is 0. The molecule has 0 amide bonds. The van der Waals surface area contributed by atoms with Gasteiger partial charge in [-0.3, -0.25) is 0 Å². The summed E-state index contributed by atoms with van der Waals surface area (Å²) in [5, 5.41) is 9.64. The average Bonchev–Trinajstić information content (AvgIpc) is 2.26. The quantitative estimate of drug-likeness (QED) is 0.788. The van der Waals surface area contributed by atoms with E-state index in [0.29, 0.717) is 11.7 Å². The molecule has 0 spiro atoms. The van der Waals surface area contributed by atoms with E-state index in [4.69, 9.17) is 0 Å². The van der Waals surface area contributed by atoms with Gasteiger partial charge in [-0.05, 0) is 54.0 Å². The first-order chi connectivity index (χ1) is 7.13. The van der Waals surface area contributed by atoms with E-state index in [1.165, 1.54) is 16.7 Å². The van der Waals surface area contributed by atoms with Crippen molar-refractivity contribution in [1.29, 1.82) is 0 Å². The van der Waals surface area contributed by atoms with E-state index in [0.717, 1.165) is 19.3 Å². The minimum Gasteiger partial charge on any atom is -0.508 e. The lowest BCUT2D eigenvalue weighted by molar-refractivity contribution is 0.473. The molecule has 15 heavy (non-hydrogen) atoms. The molecule has 1 unspecified atom stereocenters. The zero-order valence-corrected chi connectivity index (χ0v) is 10.3. The molecule has 1 aromatic carbocycles. The maximum Gasteiger partial charge on any atom is 0.116 e. The highest BCUT2D eigenvalue weighted by atomic mass is 16.3. The lowest BCUT2D eigenvalue weighted by atomic mass is 9.87. The summed E-state index contributed by atoms with van der Waals surface area (Å²) in [6.45, 7) is 8.79. The Labute approximate surface area is 93.1 Å². The minimum atomic E-state index is 0.413. The van der Waals surface area contributed by atoms with Crippen LogP contribution < -0.4 is 0 Å². The summed E-state index contributed by atoms with van der Waals surface area (Å²) in [4.78, 5) is 0. The van der Waals surface area contributed by atoms with Crippen molar-refractivity contribution in [1.82, 2.24) is 0 Å². The topological polar surface area (TPSA) is 20.2 Å². The molecule has 0 radical (unpaired) electrons. The van der Waals surface area contributed by atoms with Crippen LogP contribution in [0.1, 0.15) is 56.7 Å². The summed E-state index contributed by atoms with van der Waals surface area (Å²) in [5.74, 6) is 1.01. The summed E-state index contributed by atoms with van der Waals surface area (Å²) in [7, 11) is 0. The van der Waals surface area contributed by atoms with Crippen molar-refractivity contribution in [3.05, 3.63) is 28.8 Å². The van der Waals surface area contributed by atoms with Gasteiger partial charge in [0.15, 0.2) is 0 Å². The summed E-state index contributed by atoms with van der Waals surface area (Å²) in [5.41, 5.74) is 4.07. The van der Waals surface area contributed by atoms with Crippen LogP contribution in [0.3, 0.4) is 0 Å².